The molecule has 1 amide bonds. The number of carbonyl (C=O) groups excluding carboxylic acids is 1. The van der Waals surface area contributed by atoms with Gasteiger partial charge in [0.1, 0.15) is 5.75 Å². The van der Waals surface area contributed by atoms with E-state index in [0.29, 0.717) is 12.8 Å². The van der Waals surface area contributed by atoms with Crippen molar-refractivity contribution in [1.82, 2.24) is 9.62 Å². The highest BCUT2D eigenvalue weighted by molar-refractivity contribution is 7.89. The Morgan fingerprint density at radius 1 is 1.31 bits per heavy atom. The zero-order valence-electron chi connectivity index (χ0n) is 15.9. The van der Waals surface area contributed by atoms with E-state index < -0.39 is 10.0 Å². The van der Waals surface area contributed by atoms with Crippen molar-refractivity contribution >= 4 is 15.9 Å². The number of benzene rings is 1. The van der Waals surface area contributed by atoms with Crippen LogP contribution < -0.4 is 9.46 Å². The van der Waals surface area contributed by atoms with Crippen molar-refractivity contribution in [2.24, 2.45) is 0 Å². The lowest BCUT2D eigenvalue weighted by Crippen LogP contribution is -2.44. The molecule has 1 N–H and O–H groups in total. The van der Waals surface area contributed by atoms with Gasteiger partial charge in [-0.05, 0) is 49.8 Å². The van der Waals surface area contributed by atoms with Gasteiger partial charge in [0, 0.05) is 25.6 Å². The summed E-state index contributed by atoms with van der Waals surface area (Å²) in [6.45, 7) is 4.24. The van der Waals surface area contributed by atoms with Crippen molar-refractivity contribution in [2.45, 2.75) is 58.0 Å². The summed E-state index contributed by atoms with van der Waals surface area (Å²) in [4.78, 5) is 13.6. The summed E-state index contributed by atoms with van der Waals surface area (Å²) < 4.78 is 33.1. The van der Waals surface area contributed by atoms with Gasteiger partial charge >= 0.3 is 0 Å². The Hall–Kier alpha value is -1.60. The number of methoxy groups -OCH3 is 1. The van der Waals surface area contributed by atoms with Crippen molar-refractivity contribution in [3.8, 4) is 5.75 Å². The van der Waals surface area contributed by atoms with Gasteiger partial charge in [-0.3, -0.25) is 4.79 Å². The minimum absolute atomic E-state index is 0.0267. The second-order valence-electron chi connectivity index (χ2n) is 6.82. The molecule has 1 fully saturated rings. The first-order valence-corrected chi connectivity index (χ1v) is 10.9. The SMILES string of the molecule is CCC(NS(=O)(=O)CCC1CCCCN1C(C)=O)c1ccc(OC)cc1. The van der Waals surface area contributed by atoms with Gasteiger partial charge in [0.2, 0.25) is 15.9 Å². The zero-order valence-corrected chi connectivity index (χ0v) is 16.7. The molecule has 146 valence electrons. The number of rotatable bonds is 8. The Balaban J connectivity index is 1.98. The average molecular weight is 383 g/mol. The summed E-state index contributed by atoms with van der Waals surface area (Å²) in [6.07, 6.45) is 4.06. The molecule has 1 heterocycles. The van der Waals surface area contributed by atoms with E-state index in [0.717, 1.165) is 37.1 Å². The number of hydrogen-bond acceptors (Lipinski definition) is 4. The fourth-order valence-electron chi connectivity index (χ4n) is 3.51. The molecular weight excluding hydrogens is 352 g/mol. The highest BCUT2D eigenvalue weighted by atomic mass is 32.2. The zero-order chi connectivity index (χ0) is 19.2. The summed E-state index contributed by atoms with van der Waals surface area (Å²) >= 11 is 0. The largest absolute Gasteiger partial charge is 0.497 e. The molecule has 0 aliphatic carbocycles. The van der Waals surface area contributed by atoms with Gasteiger partial charge in [0.25, 0.3) is 0 Å². The van der Waals surface area contributed by atoms with E-state index in [2.05, 4.69) is 4.72 Å². The second-order valence-corrected chi connectivity index (χ2v) is 8.69. The number of sulfonamides is 1. The van der Waals surface area contributed by atoms with Crippen LogP contribution in [0.3, 0.4) is 0 Å². The van der Waals surface area contributed by atoms with Crippen LogP contribution in [-0.2, 0) is 14.8 Å². The molecule has 2 atom stereocenters. The van der Waals surface area contributed by atoms with Crippen LogP contribution in [0.5, 0.6) is 5.75 Å². The van der Waals surface area contributed by atoms with Crippen LogP contribution in [0.4, 0.5) is 0 Å². The third kappa shape index (κ3) is 5.71. The van der Waals surface area contributed by atoms with E-state index in [1.807, 2.05) is 36.1 Å². The Kier molecular flexibility index (Phi) is 7.46. The van der Waals surface area contributed by atoms with E-state index in [-0.39, 0.29) is 23.7 Å². The van der Waals surface area contributed by atoms with Crippen LogP contribution in [0.15, 0.2) is 24.3 Å². The van der Waals surface area contributed by atoms with Gasteiger partial charge in [0.15, 0.2) is 0 Å². The molecule has 0 saturated carbocycles. The Bertz CT molecular complexity index is 688. The fraction of sp³-hybridized carbons (Fsp3) is 0.632. The monoisotopic (exact) mass is 382 g/mol. The number of carbonyl (C=O) groups is 1. The number of ether oxygens (including phenoxy) is 1. The molecule has 7 heteroatoms. The van der Waals surface area contributed by atoms with Crippen LogP contribution in [0.2, 0.25) is 0 Å². The first-order chi connectivity index (χ1) is 12.4. The number of piperidine rings is 1. The molecule has 1 saturated heterocycles. The fourth-order valence-corrected chi connectivity index (χ4v) is 4.94. The molecular formula is C19H30N2O4S. The van der Waals surface area contributed by atoms with Crippen LogP contribution in [0.25, 0.3) is 0 Å². The van der Waals surface area contributed by atoms with E-state index in [9.17, 15) is 13.2 Å². The molecule has 1 aromatic rings. The number of nitrogens with one attached hydrogen (secondary N) is 1. The first kappa shape index (κ1) is 20.7. The highest BCUT2D eigenvalue weighted by Crippen LogP contribution is 2.23. The third-order valence-electron chi connectivity index (χ3n) is 5.00. The molecule has 1 aliphatic heterocycles. The first-order valence-electron chi connectivity index (χ1n) is 9.27. The molecule has 1 aromatic carbocycles. The molecule has 0 bridgehead atoms. The van der Waals surface area contributed by atoms with E-state index in [1.54, 1.807) is 14.0 Å². The summed E-state index contributed by atoms with van der Waals surface area (Å²) in [5.74, 6) is 0.812. The van der Waals surface area contributed by atoms with Crippen molar-refractivity contribution in [2.75, 3.05) is 19.4 Å². The Morgan fingerprint density at radius 3 is 2.58 bits per heavy atom. The summed E-state index contributed by atoms with van der Waals surface area (Å²) in [5.41, 5.74) is 0.917. The predicted molar refractivity (Wildman–Crippen MR) is 103 cm³/mol. The number of hydrogen-bond donors (Lipinski definition) is 1. The molecule has 2 unspecified atom stereocenters. The van der Waals surface area contributed by atoms with Gasteiger partial charge in [-0.15, -0.1) is 0 Å². The standard InChI is InChI=1S/C19H30N2O4S/c1-4-19(16-8-10-18(25-3)11-9-16)20-26(23,24)14-12-17-7-5-6-13-21(17)15(2)22/h8-11,17,19-20H,4-7,12-14H2,1-3H3. The predicted octanol–water partition coefficient (Wildman–Crippen LogP) is 2.86. The third-order valence-corrected chi connectivity index (χ3v) is 6.42. The van der Waals surface area contributed by atoms with Gasteiger partial charge < -0.3 is 9.64 Å². The van der Waals surface area contributed by atoms with Crippen LogP contribution in [-0.4, -0.2) is 44.7 Å². The Labute approximate surface area is 157 Å². The normalized spacial score (nSPS) is 19.2. The maximum Gasteiger partial charge on any atom is 0.219 e. The summed E-state index contributed by atoms with van der Waals surface area (Å²) in [5, 5.41) is 0. The van der Waals surface area contributed by atoms with Crippen LogP contribution >= 0.6 is 0 Å². The maximum absolute atomic E-state index is 12.6. The highest BCUT2D eigenvalue weighted by Gasteiger charge is 2.27. The van der Waals surface area contributed by atoms with Gasteiger partial charge in [-0.1, -0.05) is 19.1 Å². The number of nitrogens with zero attached hydrogens (tertiary/aromatic N) is 1. The van der Waals surface area contributed by atoms with E-state index in [1.165, 1.54) is 0 Å². The molecule has 0 radical (unpaired) electrons. The topological polar surface area (TPSA) is 75.7 Å². The number of amides is 1. The lowest BCUT2D eigenvalue weighted by molar-refractivity contribution is -0.132. The molecule has 0 spiro atoms. The van der Waals surface area contributed by atoms with Crippen molar-refractivity contribution < 1.29 is 17.9 Å². The molecule has 1 aliphatic rings. The summed E-state index contributed by atoms with van der Waals surface area (Å²) in [7, 11) is -1.82. The molecule has 26 heavy (non-hydrogen) atoms. The van der Waals surface area contributed by atoms with E-state index in [4.69, 9.17) is 4.74 Å². The minimum Gasteiger partial charge on any atom is -0.497 e. The number of likely N-dealkylation sites (tertiary alicyclic amines) is 1. The lowest BCUT2D eigenvalue weighted by atomic mass is 10.00. The van der Waals surface area contributed by atoms with Crippen molar-refractivity contribution in [3.05, 3.63) is 29.8 Å². The quantitative estimate of drug-likeness (QED) is 0.750. The maximum atomic E-state index is 12.6. The lowest BCUT2D eigenvalue weighted by Gasteiger charge is -2.35. The molecule has 0 aromatic heterocycles. The Morgan fingerprint density at radius 2 is 2.00 bits per heavy atom. The van der Waals surface area contributed by atoms with Gasteiger partial charge in [-0.25, -0.2) is 13.1 Å². The average Bonchev–Trinajstić information content (AvgIpc) is 2.65. The molecule has 2 rings (SSSR count). The van der Waals surface area contributed by atoms with Crippen molar-refractivity contribution in [1.29, 1.82) is 0 Å². The van der Waals surface area contributed by atoms with Crippen LogP contribution in [0.1, 0.15) is 57.6 Å². The van der Waals surface area contributed by atoms with Gasteiger partial charge in [0.05, 0.1) is 12.9 Å². The molecule has 6 nitrogen and oxygen atoms in total. The second kappa shape index (κ2) is 9.37. The van der Waals surface area contributed by atoms with Crippen molar-refractivity contribution in [3.63, 3.8) is 0 Å². The van der Waals surface area contributed by atoms with Gasteiger partial charge in [-0.2, -0.15) is 0 Å². The smallest absolute Gasteiger partial charge is 0.219 e. The van der Waals surface area contributed by atoms with E-state index >= 15 is 0 Å². The minimum atomic E-state index is -3.42. The van der Waals surface area contributed by atoms with Crippen LogP contribution in [0, 0.1) is 0 Å². The summed E-state index contributed by atoms with van der Waals surface area (Å²) in [6, 6.07) is 7.19.